The third-order valence-electron chi connectivity index (χ3n) is 5.43. The van der Waals surface area contributed by atoms with Crippen LogP contribution in [0.25, 0.3) is 0 Å². The molecule has 150 valence electrons. The average Bonchev–Trinajstić information content (AvgIpc) is 2.67. The Morgan fingerprint density at radius 2 is 2.04 bits per heavy atom. The van der Waals surface area contributed by atoms with Crippen LogP contribution in [0.5, 0.6) is 5.75 Å². The van der Waals surface area contributed by atoms with Crippen LogP contribution in [0.15, 0.2) is 52.8 Å². The number of ether oxygens (including phenoxy) is 1. The minimum atomic E-state index is -4.44. The van der Waals surface area contributed by atoms with Crippen LogP contribution < -0.4 is 4.74 Å². The molecule has 1 aromatic rings. The smallest absolute Gasteiger partial charge is 0.416 e. The zero-order valence-electron chi connectivity index (χ0n) is 16.1. The number of nitrogens with zero attached hydrogens (tertiary/aromatic N) is 2. The lowest BCUT2D eigenvalue weighted by Gasteiger charge is -2.36. The van der Waals surface area contributed by atoms with Gasteiger partial charge < -0.3 is 9.64 Å². The number of fused-ring (bicyclic) bond motifs is 1. The largest absolute Gasteiger partial charge is 0.443 e. The highest BCUT2D eigenvalue weighted by Gasteiger charge is 2.40. The van der Waals surface area contributed by atoms with Gasteiger partial charge in [0.15, 0.2) is 5.90 Å². The predicted molar refractivity (Wildman–Crippen MR) is 101 cm³/mol. The second kappa shape index (κ2) is 7.45. The van der Waals surface area contributed by atoms with E-state index in [1.165, 1.54) is 17.0 Å². The molecule has 0 bridgehead atoms. The van der Waals surface area contributed by atoms with Gasteiger partial charge in [0.25, 0.3) is 5.91 Å². The maximum Gasteiger partial charge on any atom is 0.416 e. The molecule has 28 heavy (non-hydrogen) atoms. The summed E-state index contributed by atoms with van der Waals surface area (Å²) in [6.07, 6.45) is -2.10. The first kappa shape index (κ1) is 20.2. The number of amides is 1. The zero-order chi connectivity index (χ0) is 20.6. The maximum atomic E-state index is 13.0. The summed E-state index contributed by atoms with van der Waals surface area (Å²) in [5, 5.41) is 0. The number of rotatable bonds is 3. The van der Waals surface area contributed by atoms with Crippen LogP contribution in [0.3, 0.4) is 0 Å². The fourth-order valence-corrected chi connectivity index (χ4v) is 3.44. The fraction of sp³-hybridized carbons (Fsp3) is 0.429. The molecule has 3 rings (SSSR count). The molecule has 0 aromatic heterocycles. The Balaban J connectivity index is 1.91. The van der Waals surface area contributed by atoms with E-state index in [0.717, 1.165) is 25.0 Å². The van der Waals surface area contributed by atoms with E-state index in [1.54, 1.807) is 20.9 Å². The van der Waals surface area contributed by atoms with Gasteiger partial charge in [-0.2, -0.15) is 13.2 Å². The van der Waals surface area contributed by atoms with Crippen molar-refractivity contribution >= 4 is 11.8 Å². The van der Waals surface area contributed by atoms with E-state index < -0.39 is 11.7 Å². The van der Waals surface area contributed by atoms with Gasteiger partial charge in [-0.3, -0.25) is 4.79 Å². The molecular formula is C21H23F3N2O2. The number of halogens is 3. The summed E-state index contributed by atoms with van der Waals surface area (Å²) in [4.78, 5) is 18.8. The van der Waals surface area contributed by atoms with Crippen LogP contribution in [-0.2, 0) is 11.0 Å². The molecule has 1 saturated carbocycles. The highest BCUT2D eigenvalue weighted by molar-refractivity contribution is 5.96. The Hall–Kier alpha value is -2.57. The van der Waals surface area contributed by atoms with E-state index >= 15 is 0 Å². The third kappa shape index (κ3) is 3.98. The van der Waals surface area contributed by atoms with Crippen molar-refractivity contribution in [3.63, 3.8) is 0 Å². The minimum absolute atomic E-state index is 0.00456. The molecular weight excluding hydrogens is 369 g/mol. The lowest BCUT2D eigenvalue weighted by molar-refractivity contribution is -0.137. The van der Waals surface area contributed by atoms with Gasteiger partial charge in [0.05, 0.1) is 5.56 Å². The van der Waals surface area contributed by atoms with Gasteiger partial charge in [-0.15, -0.1) is 0 Å². The van der Waals surface area contributed by atoms with E-state index in [1.807, 2.05) is 0 Å². The van der Waals surface area contributed by atoms with Gasteiger partial charge in [0.2, 0.25) is 0 Å². The first-order valence-corrected chi connectivity index (χ1v) is 9.15. The van der Waals surface area contributed by atoms with Gasteiger partial charge in [-0.05, 0) is 57.2 Å². The molecule has 7 heteroatoms. The van der Waals surface area contributed by atoms with Crippen LogP contribution >= 0.6 is 0 Å². The highest BCUT2D eigenvalue weighted by atomic mass is 19.4. The standard InChI is InChI=1S/C21H23F3N2O2/c1-12(2)26(4)20(27)18-10-14-8-9-17(14)19(25-13(18)3)28-16-7-5-6-15(11-16)21(22,23)24/h5-7,11,14,17H,1,8-10H2,2-4H3. The van der Waals surface area contributed by atoms with E-state index in [9.17, 15) is 18.0 Å². The zero-order valence-corrected chi connectivity index (χ0v) is 16.1. The quantitative estimate of drug-likeness (QED) is 0.711. The number of alkyl halides is 3. The van der Waals surface area contributed by atoms with Gasteiger partial charge >= 0.3 is 6.18 Å². The molecule has 0 saturated heterocycles. The van der Waals surface area contributed by atoms with Crippen molar-refractivity contribution < 1.29 is 22.7 Å². The number of likely N-dealkylation sites (N-methyl/N-ethyl adjacent to an activating group) is 1. The van der Waals surface area contributed by atoms with Crippen LogP contribution in [0.1, 0.15) is 38.7 Å². The lowest BCUT2D eigenvalue weighted by Crippen LogP contribution is -2.36. The molecule has 0 spiro atoms. The Bertz CT molecular complexity index is 871. The molecule has 0 N–H and O–H groups in total. The Kier molecular flexibility index (Phi) is 5.37. The fourth-order valence-electron chi connectivity index (χ4n) is 3.44. The number of benzene rings is 1. The van der Waals surface area contributed by atoms with Crippen LogP contribution in [0.4, 0.5) is 13.2 Å². The Morgan fingerprint density at radius 3 is 2.61 bits per heavy atom. The number of allylic oxidation sites excluding steroid dienone is 2. The topological polar surface area (TPSA) is 41.9 Å². The summed E-state index contributed by atoms with van der Waals surface area (Å²) in [6, 6.07) is 4.77. The first-order chi connectivity index (χ1) is 13.1. The lowest BCUT2D eigenvalue weighted by atomic mass is 9.70. The van der Waals surface area contributed by atoms with Crippen LogP contribution in [0.2, 0.25) is 0 Å². The average molecular weight is 392 g/mol. The molecule has 1 fully saturated rings. The minimum Gasteiger partial charge on any atom is -0.443 e. The number of carbonyl (C=O) groups is 1. The Morgan fingerprint density at radius 1 is 1.32 bits per heavy atom. The normalized spacial score (nSPS) is 21.9. The molecule has 2 aliphatic rings. The number of aliphatic imine (C=N–C) groups is 1. The van der Waals surface area contributed by atoms with Crippen molar-refractivity contribution in [1.82, 2.24) is 4.90 Å². The first-order valence-electron chi connectivity index (χ1n) is 9.15. The summed E-state index contributed by atoms with van der Waals surface area (Å²) < 4.78 is 44.7. The summed E-state index contributed by atoms with van der Waals surface area (Å²) in [6.45, 7) is 7.28. The molecule has 4 nitrogen and oxygen atoms in total. The molecule has 2 atom stereocenters. The second-order valence-corrected chi connectivity index (χ2v) is 7.39. The summed E-state index contributed by atoms with van der Waals surface area (Å²) in [5.41, 5.74) is 0.997. The number of hydrogen-bond donors (Lipinski definition) is 0. The van der Waals surface area contributed by atoms with Gasteiger partial charge in [-0.1, -0.05) is 12.6 Å². The predicted octanol–water partition coefficient (Wildman–Crippen LogP) is 5.18. The molecule has 1 aliphatic heterocycles. The third-order valence-corrected chi connectivity index (χ3v) is 5.43. The molecule has 1 aromatic carbocycles. The number of hydrogen-bond acceptors (Lipinski definition) is 3. The summed E-state index contributed by atoms with van der Waals surface area (Å²) in [5.74, 6) is 0.527. The van der Waals surface area contributed by atoms with E-state index in [-0.39, 0.29) is 23.5 Å². The van der Waals surface area contributed by atoms with Crippen LogP contribution in [-0.4, -0.2) is 23.8 Å². The highest BCUT2D eigenvalue weighted by Crippen LogP contribution is 2.43. The van der Waals surface area contributed by atoms with Crippen molar-refractivity contribution in [2.45, 2.75) is 39.3 Å². The monoisotopic (exact) mass is 392 g/mol. The maximum absolute atomic E-state index is 13.0. The van der Waals surface area contributed by atoms with E-state index in [0.29, 0.717) is 29.3 Å². The van der Waals surface area contributed by atoms with Crippen molar-refractivity contribution in [2.24, 2.45) is 16.8 Å². The molecule has 2 unspecified atom stereocenters. The van der Waals surface area contributed by atoms with Gasteiger partial charge in [0.1, 0.15) is 5.75 Å². The summed E-state index contributed by atoms with van der Waals surface area (Å²) in [7, 11) is 1.66. The van der Waals surface area contributed by atoms with E-state index in [2.05, 4.69) is 11.6 Å². The van der Waals surface area contributed by atoms with Crippen LogP contribution in [0, 0.1) is 11.8 Å². The van der Waals surface area contributed by atoms with Crippen molar-refractivity contribution in [2.75, 3.05) is 7.05 Å². The van der Waals surface area contributed by atoms with Gasteiger partial charge in [0, 0.05) is 29.9 Å². The van der Waals surface area contributed by atoms with Crippen molar-refractivity contribution in [3.8, 4) is 5.75 Å². The molecule has 1 heterocycles. The molecule has 1 aliphatic carbocycles. The van der Waals surface area contributed by atoms with Crippen molar-refractivity contribution in [1.29, 1.82) is 0 Å². The molecule has 0 radical (unpaired) electrons. The Labute approximate surface area is 162 Å². The van der Waals surface area contributed by atoms with Gasteiger partial charge in [-0.25, -0.2) is 4.99 Å². The summed E-state index contributed by atoms with van der Waals surface area (Å²) >= 11 is 0. The molecule has 1 amide bonds. The SMILES string of the molecule is C=C(C)N(C)C(=O)C1=C(C)N=C(Oc2cccc(C(F)(F)F)c2)C2CCC2C1. The number of carbonyl (C=O) groups excluding carboxylic acids is 1. The van der Waals surface area contributed by atoms with E-state index in [4.69, 9.17) is 4.74 Å². The second-order valence-electron chi connectivity index (χ2n) is 7.39. The van der Waals surface area contributed by atoms with Crippen molar-refractivity contribution in [3.05, 3.63) is 53.4 Å².